The molecular weight excluding hydrogens is 786 g/mol. The van der Waals surface area contributed by atoms with Crippen LogP contribution in [-0.2, 0) is 0 Å². The monoisotopic (exact) mass is 802 g/mol. The molecule has 0 spiro atoms. The normalized spacial score (nSPS) is 0.222. The van der Waals surface area contributed by atoms with Gasteiger partial charge in [-0.05, 0) is 0 Å². The summed E-state index contributed by atoms with van der Waals surface area (Å²) in [6.07, 6.45) is 9.00. The second kappa shape index (κ2) is 137. The molecule has 3 heteroatoms. The molecule has 0 nitrogen and oxygen atoms in total. The van der Waals surface area contributed by atoms with Gasteiger partial charge in [-0.2, -0.15) is 0 Å². The Balaban J connectivity index is -0.000000000238. The molecule has 54 valence electrons. The van der Waals surface area contributed by atoms with Crippen LogP contribution in [-0.4, -0.2) is 0 Å². The van der Waals surface area contributed by atoms with Crippen molar-refractivity contribution in [1.82, 2.24) is 0 Å². The van der Waals surface area contributed by atoms with Crippen LogP contribution in [0, 0.1) is 114 Å². The molecule has 0 bridgehead atoms. The van der Waals surface area contributed by atoms with Crippen LogP contribution in [0.2, 0.25) is 0 Å². The zero-order valence-electron chi connectivity index (χ0n) is 3.58. The minimum atomic E-state index is 0. The first-order chi connectivity index (χ1) is 1.00. The maximum atomic E-state index is 5.25. The van der Waals surface area contributed by atoms with Gasteiger partial charge in [0.05, 0.1) is 0 Å². The molecule has 0 rings (SSSR count). The Morgan fingerprint density at radius 1 is 0.667 bits per heavy atom. The van der Waals surface area contributed by atoms with Crippen LogP contribution in [0.15, 0.2) is 0 Å². The first-order valence-corrected chi connectivity index (χ1v) is 0.289. The van der Waals surface area contributed by atoms with Gasteiger partial charge >= 0.3 is 0 Å². The van der Waals surface area contributed by atoms with Crippen LogP contribution in [0.3, 0.4) is 0 Å². The van der Waals surface area contributed by atoms with Gasteiger partial charge in [-0.25, -0.2) is 0 Å². The Morgan fingerprint density at radius 3 is 0.667 bits per heavy atom. The van der Waals surface area contributed by atoms with Crippen molar-refractivity contribution in [2.24, 2.45) is 0 Å². The van der Waals surface area contributed by atoms with Crippen molar-refractivity contribution < 1.29 is 93.3 Å². The molecule has 0 aliphatic rings. The Bertz CT molecular complexity index is 13.0. The van der Waals surface area contributed by atoms with Gasteiger partial charge in [0.25, 0.3) is 0 Å². The van der Waals surface area contributed by atoms with Crippen molar-refractivity contribution in [1.29, 1.82) is 0 Å². The number of terminal acetylenes is 1. The molecule has 0 aliphatic heterocycles. The van der Waals surface area contributed by atoms with E-state index in [1.54, 1.807) is 0 Å². The van der Waals surface area contributed by atoms with Crippen molar-refractivity contribution >= 4 is 0 Å². The summed E-state index contributed by atoms with van der Waals surface area (Å²) in [4.78, 5) is 0. The Morgan fingerprint density at radius 2 is 0.667 bits per heavy atom. The molecule has 0 amide bonds. The van der Waals surface area contributed by atoms with E-state index in [0.29, 0.717) is 0 Å². The maximum absolute atomic E-state index is 5.25. The van der Waals surface area contributed by atoms with Crippen LogP contribution in [0.5, 0.6) is 0 Å². The zero-order valence-corrected chi connectivity index (χ0v) is 16.1. The predicted octanol–water partition coefficient (Wildman–Crippen LogP) is 2.56. The van der Waals surface area contributed by atoms with Crippen LogP contribution in [0.25, 0.3) is 0 Å². The van der Waals surface area contributed by atoms with Crippen LogP contribution in [0.4, 0.5) is 0 Å². The third kappa shape index (κ3) is 110. The van der Waals surface area contributed by atoms with Gasteiger partial charge in [0.1, 0.15) is 0 Å². The summed E-state index contributed by atoms with van der Waals surface area (Å²) in [5.74, 6) is 0. The molecule has 0 unspecified atom stereocenters. The van der Waals surface area contributed by atoms with Crippen molar-refractivity contribution in [3.05, 3.63) is 13.9 Å². The number of hydrogen-bond donors (Lipinski definition) is 0. The molecule has 0 heterocycles. The largest absolute Gasteiger partial charge is 0.697 e. The molecule has 0 aromatic carbocycles. The summed E-state index contributed by atoms with van der Waals surface area (Å²) in [5.41, 5.74) is 0. The van der Waals surface area contributed by atoms with E-state index in [0.717, 1.165) is 0 Å². The van der Waals surface area contributed by atoms with E-state index >= 15 is 0 Å². The summed E-state index contributed by atoms with van der Waals surface area (Å²) in [6.45, 7) is 0. The van der Waals surface area contributed by atoms with Gasteiger partial charge in [0, 0.05) is 93.3 Å². The predicted molar refractivity (Wildman–Crippen MR) is 34.8 cm³/mol. The SMILES string of the molecule is C.C.C.[C-]#C.[CH3-].[U].[U].[U]. The van der Waals surface area contributed by atoms with Crippen molar-refractivity contribution in [3.63, 3.8) is 0 Å². The van der Waals surface area contributed by atoms with Crippen LogP contribution in [0.1, 0.15) is 22.3 Å². The second-order valence-corrected chi connectivity index (χ2v) is 0. The Hall–Kier alpha value is 2.72. The molecule has 0 N–H and O–H groups in total. The Labute approximate surface area is 133 Å². The molecule has 0 radical (unpaired) electrons. The fourth-order valence-electron chi connectivity index (χ4n) is 0. The third-order valence-corrected chi connectivity index (χ3v) is 0. The third-order valence-electron chi connectivity index (χ3n) is 0. The summed E-state index contributed by atoms with van der Waals surface area (Å²) in [7, 11) is 0. The van der Waals surface area contributed by atoms with Gasteiger partial charge < -0.3 is 20.3 Å². The average molecular weight is 802 g/mol. The van der Waals surface area contributed by atoms with E-state index in [4.69, 9.17) is 6.42 Å². The standard InChI is InChI=1S/C2H.3CH4.CH3.3U/c1-2;;;;;;;/h1H;3*1H4;1H3;;;/q-1;;;;-1;;;. The molecule has 0 saturated heterocycles. The summed E-state index contributed by atoms with van der Waals surface area (Å²) in [5, 5.41) is 0. The minimum absolute atomic E-state index is 0. The van der Waals surface area contributed by atoms with E-state index in [-0.39, 0.29) is 123 Å². The Kier molecular flexibility index (Phi) is 1480. The van der Waals surface area contributed by atoms with E-state index < -0.39 is 0 Å². The van der Waals surface area contributed by atoms with Gasteiger partial charge in [-0.3, -0.25) is 0 Å². The average Bonchev–Trinajstić information content (AvgIpc) is 1.00. The molecule has 0 atom stereocenters. The molecule has 9 heavy (non-hydrogen) atoms. The molecular formula is C6H16U3-2. The quantitative estimate of drug-likeness (QED) is 0.262. The van der Waals surface area contributed by atoms with Gasteiger partial charge in [0.15, 0.2) is 0 Å². The van der Waals surface area contributed by atoms with Crippen LogP contribution < -0.4 is 0 Å². The summed E-state index contributed by atoms with van der Waals surface area (Å²) >= 11 is 0. The van der Waals surface area contributed by atoms with Crippen molar-refractivity contribution in [2.45, 2.75) is 22.3 Å². The first-order valence-electron chi connectivity index (χ1n) is 0.289. The number of hydrogen-bond acceptors (Lipinski definition) is 0. The fraction of sp³-hybridized carbons (Fsp3) is 0.500. The second-order valence-electron chi connectivity index (χ2n) is 0. The fourth-order valence-corrected chi connectivity index (χ4v) is 0. The van der Waals surface area contributed by atoms with Crippen LogP contribution >= 0.6 is 0 Å². The van der Waals surface area contributed by atoms with E-state index in [9.17, 15) is 0 Å². The van der Waals surface area contributed by atoms with Gasteiger partial charge in [0.2, 0.25) is 0 Å². The minimum Gasteiger partial charge on any atom is -0.697 e. The molecule has 0 aromatic rings. The topological polar surface area (TPSA) is 0 Å². The van der Waals surface area contributed by atoms with E-state index in [1.165, 1.54) is 0 Å². The molecule has 0 aliphatic carbocycles. The smallest absolute Gasteiger partial charge is 0 e. The van der Waals surface area contributed by atoms with E-state index in [1.807, 2.05) is 0 Å². The first kappa shape index (κ1) is 97.4. The zero-order chi connectivity index (χ0) is 2.00. The number of rotatable bonds is 0. The van der Waals surface area contributed by atoms with Crippen molar-refractivity contribution in [2.75, 3.05) is 0 Å². The van der Waals surface area contributed by atoms with Gasteiger partial charge in [-0.1, -0.05) is 22.3 Å². The van der Waals surface area contributed by atoms with Crippen molar-refractivity contribution in [3.8, 4) is 6.42 Å². The molecule has 0 saturated carbocycles. The molecule has 0 fully saturated rings. The maximum Gasteiger partial charge on any atom is 0 e. The van der Waals surface area contributed by atoms with E-state index in [2.05, 4.69) is 6.42 Å². The van der Waals surface area contributed by atoms with Gasteiger partial charge in [-0.15, -0.1) is 0 Å². The molecule has 0 aromatic heterocycles. The summed E-state index contributed by atoms with van der Waals surface area (Å²) in [6, 6.07) is 0. The summed E-state index contributed by atoms with van der Waals surface area (Å²) < 4.78 is 0.